The Morgan fingerprint density at radius 3 is 2.45 bits per heavy atom. The highest BCUT2D eigenvalue weighted by molar-refractivity contribution is 5.94. The van der Waals surface area contributed by atoms with E-state index < -0.39 is 0 Å². The fourth-order valence-electron chi connectivity index (χ4n) is 3.95. The third kappa shape index (κ3) is 4.20. The molecule has 0 radical (unpaired) electrons. The monoisotopic (exact) mass is 412 g/mol. The smallest absolute Gasteiger partial charge is 0.257 e. The summed E-state index contributed by atoms with van der Waals surface area (Å²) >= 11 is 0. The van der Waals surface area contributed by atoms with Crippen LogP contribution in [0.3, 0.4) is 0 Å². The largest absolute Gasteiger partial charge is 0.336 e. The first-order chi connectivity index (χ1) is 15.2. The molecular formula is C25H24N4O2. The van der Waals surface area contributed by atoms with Crippen molar-refractivity contribution in [3.05, 3.63) is 83.7 Å². The summed E-state index contributed by atoms with van der Waals surface area (Å²) in [7, 11) is 0. The maximum Gasteiger partial charge on any atom is 0.257 e. The van der Waals surface area contributed by atoms with Crippen LogP contribution in [0.1, 0.15) is 21.7 Å². The Morgan fingerprint density at radius 1 is 0.935 bits per heavy atom. The quantitative estimate of drug-likeness (QED) is 0.504. The minimum Gasteiger partial charge on any atom is -0.336 e. The van der Waals surface area contributed by atoms with Crippen molar-refractivity contribution in [3.8, 4) is 11.5 Å². The maximum absolute atomic E-state index is 12.7. The zero-order valence-electron chi connectivity index (χ0n) is 17.5. The van der Waals surface area contributed by atoms with E-state index in [2.05, 4.69) is 39.3 Å². The van der Waals surface area contributed by atoms with Crippen molar-refractivity contribution in [3.63, 3.8) is 0 Å². The Labute approximate surface area is 181 Å². The highest BCUT2D eigenvalue weighted by atomic mass is 16.5. The van der Waals surface area contributed by atoms with E-state index in [1.807, 2.05) is 54.3 Å². The summed E-state index contributed by atoms with van der Waals surface area (Å²) in [6, 6.07) is 22.1. The van der Waals surface area contributed by atoms with Crippen LogP contribution in [0.15, 0.2) is 71.3 Å². The van der Waals surface area contributed by atoms with Gasteiger partial charge in [0.15, 0.2) is 5.82 Å². The molecule has 1 aromatic heterocycles. The average molecular weight is 412 g/mol. The first-order valence-corrected chi connectivity index (χ1v) is 10.6. The number of aryl methyl sites for hydroxylation is 1. The van der Waals surface area contributed by atoms with E-state index in [0.29, 0.717) is 31.3 Å². The zero-order valence-corrected chi connectivity index (χ0v) is 17.5. The lowest BCUT2D eigenvalue weighted by molar-refractivity contribution is 0.0624. The van der Waals surface area contributed by atoms with Crippen LogP contribution in [0.5, 0.6) is 0 Å². The van der Waals surface area contributed by atoms with E-state index in [9.17, 15) is 4.79 Å². The number of carbonyl (C=O) groups is 1. The molecule has 6 nitrogen and oxygen atoms in total. The van der Waals surface area contributed by atoms with Gasteiger partial charge in [-0.15, -0.1) is 0 Å². The summed E-state index contributed by atoms with van der Waals surface area (Å²) in [5.41, 5.74) is 2.83. The van der Waals surface area contributed by atoms with Gasteiger partial charge in [0.1, 0.15) is 0 Å². The molecule has 1 aliphatic heterocycles. The Morgan fingerprint density at radius 2 is 1.68 bits per heavy atom. The van der Waals surface area contributed by atoms with E-state index >= 15 is 0 Å². The molecule has 1 aliphatic rings. The fraction of sp³-hybridized carbons (Fsp3) is 0.240. The van der Waals surface area contributed by atoms with Gasteiger partial charge in [0.2, 0.25) is 0 Å². The SMILES string of the molecule is Cc1ccc(C(=O)N2CCN(Cc3noc(-c4ccc5ccccc5c4)n3)CC2)cc1. The molecule has 1 amide bonds. The second kappa shape index (κ2) is 8.32. The number of benzene rings is 3. The second-order valence-corrected chi connectivity index (χ2v) is 8.01. The molecule has 156 valence electrons. The lowest BCUT2D eigenvalue weighted by atomic mass is 10.1. The predicted octanol–water partition coefficient (Wildman–Crippen LogP) is 4.16. The van der Waals surface area contributed by atoms with Crippen molar-refractivity contribution < 1.29 is 9.32 Å². The summed E-state index contributed by atoms with van der Waals surface area (Å²) in [6.45, 7) is 5.61. The molecule has 0 atom stereocenters. The first-order valence-electron chi connectivity index (χ1n) is 10.6. The van der Waals surface area contributed by atoms with Gasteiger partial charge < -0.3 is 9.42 Å². The van der Waals surface area contributed by atoms with Crippen LogP contribution in [0.25, 0.3) is 22.2 Å². The average Bonchev–Trinajstić information content (AvgIpc) is 3.28. The standard InChI is InChI=1S/C25H24N4O2/c1-18-6-8-20(9-7-18)25(30)29-14-12-28(13-15-29)17-23-26-24(31-27-23)22-11-10-19-4-2-3-5-21(19)16-22/h2-11,16H,12-15,17H2,1H3. The maximum atomic E-state index is 12.7. The molecule has 0 N–H and O–H groups in total. The number of amides is 1. The summed E-state index contributed by atoms with van der Waals surface area (Å²) in [4.78, 5) is 21.5. The Bertz CT molecular complexity index is 1210. The molecule has 5 rings (SSSR count). The lowest BCUT2D eigenvalue weighted by Crippen LogP contribution is -2.48. The van der Waals surface area contributed by atoms with Crippen molar-refractivity contribution >= 4 is 16.7 Å². The van der Waals surface area contributed by atoms with E-state index in [1.54, 1.807) is 0 Å². The summed E-state index contributed by atoms with van der Waals surface area (Å²) < 4.78 is 5.52. The highest BCUT2D eigenvalue weighted by Crippen LogP contribution is 2.23. The number of aromatic nitrogens is 2. The fourth-order valence-corrected chi connectivity index (χ4v) is 3.95. The van der Waals surface area contributed by atoms with Crippen LogP contribution >= 0.6 is 0 Å². The van der Waals surface area contributed by atoms with Crippen molar-refractivity contribution in [2.24, 2.45) is 0 Å². The van der Waals surface area contributed by atoms with Gasteiger partial charge in [0, 0.05) is 37.3 Å². The van der Waals surface area contributed by atoms with Crippen molar-refractivity contribution in [2.75, 3.05) is 26.2 Å². The lowest BCUT2D eigenvalue weighted by Gasteiger charge is -2.34. The normalized spacial score (nSPS) is 14.8. The third-order valence-corrected chi connectivity index (χ3v) is 5.79. The molecule has 31 heavy (non-hydrogen) atoms. The Balaban J connectivity index is 1.20. The molecule has 0 spiro atoms. The van der Waals surface area contributed by atoms with Crippen molar-refractivity contribution in [2.45, 2.75) is 13.5 Å². The minimum absolute atomic E-state index is 0.0952. The molecule has 0 saturated carbocycles. The number of hydrogen-bond acceptors (Lipinski definition) is 5. The first kappa shape index (κ1) is 19.5. The molecule has 1 fully saturated rings. The highest BCUT2D eigenvalue weighted by Gasteiger charge is 2.23. The number of rotatable bonds is 4. The van der Waals surface area contributed by atoms with Gasteiger partial charge >= 0.3 is 0 Å². The molecule has 0 unspecified atom stereocenters. The number of carbonyl (C=O) groups excluding carboxylic acids is 1. The second-order valence-electron chi connectivity index (χ2n) is 8.01. The summed E-state index contributed by atoms with van der Waals surface area (Å²) in [5, 5.41) is 6.50. The molecule has 1 saturated heterocycles. The van der Waals surface area contributed by atoms with Crippen molar-refractivity contribution in [1.82, 2.24) is 19.9 Å². The van der Waals surface area contributed by atoms with Crippen LogP contribution in [-0.2, 0) is 6.54 Å². The van der Waals surface area contributed by atoms with Gasteiger partial charge in [0.05, 0.1) is 6.54 Å². The molecular weight excluding hydrogens is 388 g/mol. The van der Waals surface area contributed by atoms with Gasteiger partial charge in [-0.2, -0.15) is 4.98 Å². The van der Waals surface area contributed by atoms with Gasteiger partial charge in [-0.3, -0.25) is 9.69 Å². The van der Waals surface area contributed by atoms with Crippen LogP contribution in [-0.4, -0.2) is 52.0 Å². The van der Waals surface area contributed by atoms with Crippen LogP contribution in [0.2, 0.25) is 0 Å². The molecule has 2 heterocycles. The Kier molecular flexibility index (Phi) is 5.22. The predicted molar refractivity (Wildman–Crippen MR) is 120 cm³/mol. The van der Waals surface area contributed by atoms with Gasteiger partial charge in [-0.25, -0.2) is 0 Å². The third-order valence-electron chi connectivity index (χ3n) is 5.79. The zero-order chi connectivity index (χ0) is 21.2. The van der Waals surface area contributed by atoms with Gasteiger partial charge in [-0.05, 0) is 42.0 Å². The Hall–Kier alpha value is -3.51. The molecule has 3 aromatic carbocycles. The summed E-state index contributed by atoms with van der Waals surface area (Å²) in [6.07, 6.45) is 0. The minimum atomic E-state index is 0.0952. The topological polar surface area (TPSA) is 62.5 Å². The summed E-state index contributed by atoms with van der Waals surface area (Å²) in [5.74, 6) is 1.30. The van der Waals surface area contributed by atoms with Crippen LogP contribution in [0, 0.1) is 6.92 Å². The number of piperazine rings is 1. The molecule has 0 aliphatic carbocycles. The van der Waals surface area contributed by atoms with Gasteiger partial charge in [0.25, 0.3) is 11.8 Å². The molecule has 0 bridgehead atoms. The molecule has 4 aromatic rings. The van der Waals surface area contributed by atoms with E-state index in [4.69, 9.17) is 4.52 Å². The number of hydrogen-bond donors (Lipinski definition) is 0. The van der Waals surface area contributed by atoms with Crippen molar-refractivity contribution in [1.29, 1.82) is 0 Å². The number of nitrogens with zero attached hydrogens (tertiary/aromatic N) is 4. The number of fused-ring (bicyclic) bond motifs is 1. The van der Waals surface area contributed by atoms with E-state index in [-0.39, 0.29) is 5.91 Å². The van der Waals surface area contributed by atoms with E-state index in [1.165, 1.54) is 5.39 Å². The van der Waals surface area contributed by atoms with Crippen LogP contribution in [0.4, 0.5) is 0 Å². The molecule has 6 heteroatoms. The van der Waals surface area contributed by atoms with Gasteiger partial charge in [-0.1, -0.05) is 53.2 Å². The van der Waals surface area contributed by atoms with Crippen LogP contribution < -0.4 is 0 Å². The van der Waals surface area contributed by atoms with E-state index in [0.717, 1.165) is 35.2 Å².